The van der Waals surface area contributed by atoms with Crippen LogP contribution in [0.5, 0.6) is 0 Å². The van der Waals surface area contributed by atoms with Gasteiger partial charge in [0, 0.05) is 46.2 Å². The molecule has 1 aliphatic rings. The number of ether oxygens (including phenoxy) is 1. The largest absolute Gasteiger partial charge is 0.416 e. The van der Waals surface area contributed by atoms with Crippen LogP contribution in [0.1, 0.15) is 38.7 Å². The molecule has 11 nitrogen and oxygen atoms in total. The van der Waals surface area contributed by atoms with Gasteiger partial charge in [0.25, 0.3) is 5.56 Å². The number of carbonyl (C=O) groups is 1. The van der Waals surface area contributed by atoms with Crippen molar-refractivity contribution in [2.45, 2.75) is 91.3 Å². The fourth-order valence-corrected chi connectivity index (χ4v) is 6.59. The number of rotatable bonds is 13. The van der Waals surface area contributed by atoms with Crippen molar-refractivity contribution in [2.75, 3.05) is 18.1 Å². The van der Waals surface area contributed by atoms with Gasteiger partial charge in [-0.3, -0.25) is 28.0 Å². The Bertz CT molecular complexity index is 1870. The topological polar surface area (TPSA) is 109 Å². The maximum atomic E-state index is 13.8. The summed E-state index contributed by atoms with van der Waals surface area (Å²) in [5.74, 6) is -0.348. The minimum absolute atomic E-state index is 0.0558. The third kappa shape index (κ3) is 7.30. The van der Waals surface area contributed by atoms with Crippen molar-refractivity contribution < 1.29 is 22.7 Å². The number of halogens is 3. The summed E-state index contributed by atoms with van der Waals surface area (Å²) < 4.78 is 52.1. The fraction of sp³-hybridized carbons (Fsp3) is 0.531. The second-order valence-electron chi connectivity index (χ2n) is 13.2. The molecule has 1 saturated heterocycles. The number of benzene rings is 1. The van der Waals surface area contributed by atoms with Gasteiger partial charge < -0.3 is 9.64 Å². The lowest BCUT2D eigenvalue weighted by atomic mass is 10.1. The van der Waals surface area contributed by atoms with Gasteiger partial charge in [0.1, 0.15) is 12.6 Å². The lowest BCUT2D eigenvalue weighted by Crippen LogP contribution is -2.40. The predicted octanol–water partition coefficient (Wildman–Crippen LogP) is 5.43. The first kappa shape index (κ1) is 34.4. The number of anilines is 1. The number of amides is 1. The average Bonchev–Trinajstić information content (AvgIpc) is 3.72. The Balaban J connectivity index is 1.47. The summed E-state index contributed by atoms with van der Waals surface area (Å²) in [6.07, 6.45) is 0.544. The molecule has 0 N–H and O–H groups in total. The van der Waals surface area contributed by atoms with E-state index >= 15 is 0 Å². The minimum atomic E-state index is -4.51. The van der Waals surface area contributed by atoms with E-state index in [-0.39, 0.29) is 42.6 Å². The Morgan fingerprint density at radius 3 is 2.43 bits per heavy atom. The molecule has 1 unspecified atom stereocenters. The summed E-state index contributed by atoms with van der Waals surface area (Å²) in [7, 11) is -1.38. The van der Waals surface area contributed by atoms with Crippen molar-refractivity contribution in [3.05, 3.63) is 63.1 Å². The van der Waals surface area contributed by atoms with Gasteiger partial charge in [-0.05, 0) is 43.5 Å². The Morgan fingerprint density at radius 1 is 1.02 bits per heavy atom. The Hall–Kier alpha value is -3.98. The molecule has 0 aliphatic carbocycles. The van der Waals surface area contributed by atoms with Gasteiger partial charge in [0.2, 0.25) is 5.91 Å². The van der Waals surface area contributed by atoms with Crippen LogP contribution in [0.25, 0.3) is 22.6 Å². The molecule has 47 heavy (non-hydrogen) atoms. The normalized spacial score (nSPS) is 15.8. The van der Waals surface area contributed by atoms with Crippen LogP contribution in [-0.2, 0) is 42.1 Å². The number of hydrogen-bond donors (Lipinski definition) is 0. The van der Waals surface area contributed by atoms with Gasteiger partial charge in [0.05, 0.1) is 29.8 Å². The van der Waals surface area contributed by atoms with Gasteiger partial charge in [-0.15, -0.1) is 0 Å². The summed E-state index contributed by atoms with van der Waals surface area (Å²) >= 11 is 0. The van der Waals surface area contributed by atoms with E-state index in [1.165, 1.54) is 21.6 Å². The first-order valence-electron chi connectivity index (χ1n) is 16.1. The molecule has 0 bridgehead atoms. The molecule has 1 aromatic carbocycles. The second-order valence-corrected chi connectivity index (χ2v) is 18.9. The van der Waals surface area contributed by atoms with E-state index in [1.807, 2.05) is 13.8 Å². The molecule has 1 fully saturated rings. The monoisotopic (exact) mass is 673 g/mol. The lowest BCUT2D eigenvalue weighted by molar-refractivity contribution is -0.137. The maximum Gasteiger partial charge on any atom is 0.416 e. The van der Waals surface area contributed by atoms with Crippen LogP contribution in [0.3, 0.4) is 0 Å². The van der Waals surface area contributed by atoms with E-state index < -0.39 is 37.0 Å². The summed E-state index contributed by atoms with van der Waals surface area (Å²) in [5, 5.41) is 4.48. The van der Waals surface area contributed by atoms with Gasteiger partial charge in [-0.2, -0.15) is 18.3 Å². The fourth-order valence-electron chi connectivity index (χ4n) is 5.84. The highest BCUT2D eigenvalue weighted by Crippen LogP contribution is 2.34. The molecule has 1 amide bonds. The third-order valence-corrected chi connectivity index (χ3v) is 10.0. The predicted molar refractivity (Wildman–Crippen MR) is 176 cm³/mol. The summed E-state index contributed by atoms with van der Waals surface area (Å²) in [4.78, 5) is 46.6. The highest BCUT2D eigenvalue weighted by molar-refractivity contribution is 6.76. The molecule has 1 atom stereocenters. The zero-order valence-corrected chi connectivity index (χ0v) is 28.5. The number of alkyl halides is 3. The molecule has 15 heteroatoms. The minimum Gasteiger partial charge on any atom is -0.361 e. The molecule has 5 rings (SSSR count). The highest BCUT2D eigenvalue weighted by atomic mass is 28.3. The SMILES string of the molecule is CCCn1c(=O)c2c(nc(-c3cnn(CC4CCN(c5cccc(C(F)(F)F)c5)C4=O)c3)n2COCC[Si](C)(C)C)n(CCC)c1=O. The number of imidazole rings is 1. The van der Waals surface area contributed by atoms with Crippen molar-refractivity contribution in [1.29, 1.82) is 0 Å². The number of fused-ring (bicyclic) bond motifs is 1. The summed E-state index contributed by atoms with van der Waals surface area (Å²) in [6.45, 7) is 12.4. The number of aromatic nitrogens is 6. The van der Waals surface area contributed by atoms with Gasteiger partial charge in [-0.25, -0.2) is 9.78 Å². The van der Waals surface area contributed by atoms with Crippen molar-refractivity contribution in [2.24, 2.45) is 5.92 Å². The Kier molecular flexibility index (Phi) is 9.96. The van der Waals surface area contributed by atoms with Crippen molar-refractivity contribution >= 4 is 30.8 Å². The quantitative estimate of drug-likeness (QED) is 0.138. The number of aryl methyl sites for hydroxylation is 1. The van der Waals surface area contributed by atoms with Crippen LogP contribution in [0.2, 0.25) is 25.7 Å². The molecule has 0 radical (unpaired) electrons. The molecule has 0 saturated carbocycles. The molecular formula is C32H42F3N7O4Si. The number of hydrogen-bond acceptors (Lipinski definition) is 6. The second kappa shape index (κ2) is 13.6. The molecule has 4 heterocycles. The molecule has 1 aliphatic heterocycles. The van der Waals surface area contributed by atoms with E-state index in [0.29, 0.717) is 50.3 Å². The van der Waals surface area contributed by atoms with E-state index in [0.717, 1.165) is 18.2 Å². The third-order valence-electron chi connectivity index (χ3n) is 8.33. The van der Waals surface area contributed by atoms with Gasteiger partial charge in [0.15, 0.2) is 11.2 Å². The zero-order valence-electron chi connectivity index (χ0n) is 27.5. The number of carbonyl (C=O) groups excluding carboxylic acids is 1. The van der Waals surface area contributed by atoms with E-state index in [1.54, 1.807) is 26.2 Å². The zero-order chi connectivity index (χ0) is 34.1. The number of nitrogens with zero attached hydrogens (tertiary/aromatic N) is 7. The van der Waals surface area contributed by atoms with Crippen molar-refractivity contribution in [1.82, 2.24) is 28.5 Å². The maximum absolute atomic E-state index is 13.8. The Morgan fingerprint density at radius 2 is 1.74 bits per heavy atom. The van der Waals surface area contributed by atoms with Crippen LogP contribution >= 0.6 is 0 Å². The lowest BCUT2D eigenvalue weighted by Gasteiger charge is -2.18. The van der Waals surface area contributed by atoms with Gasteiger partial charge >= 0.3 is 11.9 Å². The van der Waals surface area contributed by atoms with Crippen molar-refractivity contribution in [3.63, 3.8) is 0 Å². The first-order valence-corrected chi connectivity index (χ1v) is 19.8. The van der Waals surface area contributed by atoms with Crippen LogP contribution in [0, 0.1) is 5.92 Å². The standard InChI is InChI=1S/C32H42F3N7O4Si/c1-6-12-40-28-26(30(44)41(13-7-2)31(40)45)42(21-46-15-16-47(3,4)5)27(37-28)23-18-36-38(20-23)19-22-11-14-39(29(22)43)25-10-8-9-24(17-25)32(33,34)35/h8-10,17-18,20,22H,6-7,11-16,19,21H2,1-5H3. The Labute approximate surface area is 271 Å². The first-order chi connectivity index (χ1) is 22.2. The molecule has 4 aromatic rings. The van der Waals surface area contributed by atoms with E-state index in [9.17, 15) is 27.6 Å². The van der Waals surface area contributed by atoms with E-state index in [4.69, 9.17) is 9.72 Å². The summed E-state index contributed by atoms with van der Waals surface area (Å²) in [5.41, 5.74) is -0.275. The van der Waals surface area contributed by atoms with Crippen LogP contribution < -0.4 is 16.1 Å². The molecule has 3 aromatic heterocycles. The average molecular weight is 674 g/mol. The summed E-state index contributed by atoms with van der Waals surface area (Å²) in [6, 6.07) is 5.72. The van der Waals surface area contributed by atoms with Gasteiger partial charge in [-0.1, -0.05) is 39.6 Å². The molecule has 254 valence electrons. The smallest absolute Gasteiger partial charge is 0.361 e. The highest BCUT2D eigenvalue weighted by Gasteiger charge is 2.35. The van der Waals surface area contributed by atoms with E-state index in [2.05, 4.69) is 24.7 Å². The van der Waals surface area contributed by atoms with Crippen LogP contribution in [-0.4, -0.2) is 55.6 Å². The molecular weight excluding hydrogens is 631 g/mol. The van der Waals surface area contributed by atoms with Crippen molar-refractivity contribution in [3.8, 4) is 11.4 Å². The van der Waals surface area contributed by atoms with Crippen LogP contribution in [0.15, 0.2) is 46.2 Å². The van der Waals surface area contributed by atoms with Crippen LogP contribution in [0.4, 0.5) is 18.9 Å². The molecule has 0 spiro atoms.